The standard InChI is InChI=1S/C47H46O2P2/c1-32-24-33(2)27-42(26-32)51(43-28-34(3)25-35(4)29-43)45-23-12-15-37-31-38-16-13-17-39(49-47(37)45)30-36-14-11-22-44(46(36)48-38)50(40-18-7-5-8-19-40)41-20-9-6-10-21-41/h5-12,14-15,18-29,38-39H,13,16-17,30-31H2,1-4H3/t38?,39-/m1/s1. The van der Waals surface area contributed by atoms with Gasteiger partial charge in [0.25, 0.3) is 0 Å². The van der Waals surface area contributed by atoms with E-state index >= 15 is 0 Å². The highest BCUT2D eigenvalue weighted by atomic mass is 31.1. The van der Waals surface area contributed by atoms with Gasteiger partial charge in [-0.2, -0.15) is 0 Å². The molecule has 2 aliphatic rings. The molecule has 0 N–H and O–H groups in total. The Balaban J connectivity index is 1.25. The van der Waals surface area contributed by atoms with Gasteiger partial charge in [-0.15, -0.1) is 0 Å². The van der Waals surface area contributed by atoms with Gasteiger partial charge in [-0.3, -0.25) is 0 Å². The van der Waals surface area contributed by atoms with Crippen LogP contribution in [0.3, 0.4) is 0 Å². The summed E-state index contributed by atoms with van der Waals surface area (Å²) < 4.78 is 14.8. The van der Waals surface area contributed by atoms with Crippen LogP contribution in [0, 0.1) is 27.7 Å². The first-order valence-electron chi connectivity index (χ1n) is 18.3. The van der Waals surface area contributed by atoms with Gasteiger partial charge in [0, 0.05) is 23.5 Å². The summed E-state index contributed by atoms with van der Waals surface area (Å²) in [4.78, 5) is 0. The summed E-state index contributed by atoms with van der Waals surface area (Å²) in [6.07, 6.45) is 4.84. The van der Waals surface area contributed by atoms with Crippen LogP contribution in [0.2, 0.25) is 0 Å². The average molecular weight is 705 g/mol. The van der Waals surface area contributed by atoms with Crippen molar-refractivity contribution in [3.05, 3.63) is 167 Å². The lowest BCUT2D eigenvalue weighted by Crippen LogP contribution is -2.30. The zero-order valence-electron chi connectivity index (χ0n) is 30.1. The van der Waals surface area contributed by atoms with Gasteiger partial charge in [0.1, 0.15) is 23.7 Å². The van der Waals surface area contributed by atoms with E-state index in [0.717, 1.165) is 43.6 Å². The normalized spacial score (nSPS) is 16.9. The molecule has 0 saturated heterocycles. The Morgan fingerprint density at radius 3 is 1.24 bits per heavy atom. The van der Waals surface area contributed by atoms with E-state index in [-0.39, 0.29) is 12.2 Å². The summed E-state index contributed by atoms with van der Waals surface area (Å²) in [5.41, 5.74) is 7.74. The molecule has 0 spiro atoms. The van der Waals surface area contributed by atoms with Gasteiger partial charge in [-0.05, 0) is 95.1 Å². The first kappa shape index (κ1) is 33.9. The highest BCUT2D eigenvalue weighted by Gasteiger charge is 2.32. The topological polar surface area (TPSA) is 18.5 Å². The van der Waals surface area contributed by atoms with E-state index in [9.17, 15) is 0 Å². The van der Waals surface area contributed by atoms with Gasteiger partial charge in [0.15, 0.2) is 0 Å². The minimum absolute atomic E-state index is 0.0503. The number of aryl methyl sites for hydroxylation is 4. The van der Waals surface area contributed by atoms with Gasteiger partial charge in [0.2, 0.25) is 0 Å². The fourth-order valence-electron chi connectivity index (χ4n) is 8.06. The van der Waals surface area contributed by atoms with Crippen molar-refractivity contribution in [2.45, 2.75) is 72.0 Å². The van der Waals surface area contributed by atoms with Crippen molar-refractivity contribution < 1.29 is 9.47 Å². The van der Waals surface area contributed by atoms with Crippen LogP contribution in [0.1, 0.15) is 52.6 Å². The van der Waals surface area contributed by atoms with Crippen molar-refractivity contribution in [1.29, 1.82) is 0 Å². The molecule has 4 heteroatoms. The maximum atomic E-state index is 7.41. The monoisotopic (exact) mass is 704 g/mol. The predicted octanol–water partition coefficient (Wildman–Crippen LogP) is 8.91. The van der Waals surface area contributed by atoms with Crippen LogP contribution in [-0.2, 0) is 12.8 Å². The van der Waals surface area contributed by atoms with Crippen molar-refractivity contribution >= 4 is 47.7 Å². The van der Waals surface area contributed by atoms with Crippen LogP contribution in [0.15, 0.2) is 133 Å². The third-order valence-corrected chi connectivity index (χ3v) is 15.0. The van der Waals surface area contributed by atoms with Crippen molar-refractivity contribution in [2.24, 2.45) is 0 Å². The minimum Gasteiger partial charge on any atom is -0.489 e. The number of fused-ring (bicyclic) bond motifs is 6. The second kappa shape index (κ2) is 14.8. The third-order valence-electron chi connectivity index (χ3n) is 10.1. The van der Waals surface area contributed by atoms with E-state index in [0.29, 0.717) is 0 Å². The van der Waals surface area contributed by atoms with Gasteiger partial charge >= 0.3 is 0 Å². The SMILES string of the molecule is Cc1cc(C)cc(P(c2cc(C)cc(C)c2)c2cccc3c2O[C@@H]2CCCC(C3)Oc3c(cccc3P(c3ccccc3)c3ccccc3)C2)c1. The van der Waals surface area contributed by atoms with Crippen LogP contribution in [0.4, 0.5) is 0 Å². The highest BCUT2D eigenvalue weighted by molar-refractivity contribution is 7.80. The van der Waals surface area contributed by atoms with E-state index in [1.807, 2.05) is 0 Å². The van der Waals surface area contributed by atoms with Crippen molar-refractivity contribution in [3.8, 4) is 11.5 Å². The molecule has 0 aliphatic carbocycles. The smallest absolute Gasteiger partial charge is 0.131 e. The molecule has 51 heavy (non-hydrogen) atoms. The molecule has 0 saturated carbocycles. The fourth-order valence-corrected chi connectivity index (χ4v) is 13.3. The number of para-hydroxylation sites is 2. The summed E-state index contributed by atoms with van der Waals surface area (Å²) in [5.74, 6) is 2.15. The minimum atomic E-state index is -0.860. The van der Waals surface area contributed by atoms with Crippen LogP contribution in [0.5, 0.6) is 11.5 Å². The molecule has 1 unspecified atom stereocenters. The highest BCUT2D eigenvalue weighted by Crippen LogP contribution is 2.43. The van der Waals surface area contributed by atoms with E-state index in [1.165, 1.54) is 65.2 Å². The zero-order valence-corrected chi connectivity index (χ0v) is 31.9. The Morgan fingerprint density at radius 2 is 0.824 bits per heavy atom. The van der Waals surface area contributed by atoms with Crippen LogP contribution in [0.25, 0.3) is 0 Å². The summed E-state index contributed by atoms with van der Waals surface area (Å²) in [5, 5.41) is 8.06. The molecule has 2 atom stereocenters. The summed E-state index contributed by atoms with van der Waals surface area (Å²) in [6.45, 7) is 8.88. The third kappa shape index (κ3) is 7.28. The van der Waals surface area contributed by atoms with E-state index in [1.54, 1.807) is 0 Å². The van der Waals surface area contributed by atoms with Crippen molar-refractivity contribution in [2.75, 3.05) is 0 Å². The zero-order chi connectivity index (χ0) is 34.9. The molecule has 2 heterocycles. The van der Waals surface area contributed by atoms with Crippen molar-refractivity contribution in [1.82, 2.24) is 0 Å². The number of benzene rings is 6. The number of hydrogen-bond acceptors (Lipinski definition) is 2. The Hall–Kier alpha value is -4.22. The molecular formula is C47H46O2P2. The fraction of sp³-hybridized carbons (Fsp3) is 0.234. The molecule has 6 aromatic carbocycles. The molecule has 8 rings (SSSR count). The molecule has 2 aliphatic heterocycles. The van der Waals surface area contributed by atoms with Gasteiger partial charge in [-0.1, -0.05) is 156 Å². The van der Waals surface area contributed by atoms with Crippen LogP contribution in [-0.4, -0.2) is 12.2 Å². The maximum Gasteiger partial charge on any atom is 0.131 e. The van der Waals surface area contributed by atoms with Gasteiger partial charge in [0.05, 0.1) is 0 Å². The first-order chi connectivity index (χ1) is 24.9. The van der Waals surface area contributed by atoms with Crippen LogP contribution < -0.4 is 41.3 Å². The molecule has 2 nitrogen and oxygen atoms in total. The lowest BCUT2D eigenvalue weighted by Gasteiger charge is -2.31. The van der Waals surface area contributed by atoms with Crippen LogP contribution >= 0.6 is 15.8 Å². The molecule has 256 valence electrons. The average Bonchev–Trinajstić information content (AvgIpc) is 3.25. The Morgan fingerprint density at radius 1 is 0.431 bits per heavy atom. The van der Waals surface area contributed by atoms with E-state index in [2.05, 4.69) is 161 Å². The largest absolute Gasteiger partial charge is 0.489 e. The quantitative estimate of drug-likeness (QED) is 0.161. The summed E-state index contributed by atoms with van der Waals surface area (Å²) >= 11 is 0. The molecule has 0 radical (unpaired) electrons. The number of hydrogen-bond donors (Lipinski definition) is 0. The van der Waals surface area contributed by atoms with E-state index in [4.69, 9.17) is 9.47 Å². The predicted molar refractivity (Wildman–Crippen MR) is 219 cm³/mol. The maximum absolute atomic E-state index is 7.41. The second-order valence-corrected chi connectivity index (χ2v) is 18.8. The van der Waals surface area contributed by atoms with Gasteiger partial charge in [-0.25, -0.2) is 0 Å². The molecule has 0 amide bonds. The lowest BCUT2D eigenvalue weighted by atomic mass is 10.0. The van der Waals surface area contributed by atoms with Gasteiger partial charge < -0.3 is 9.47 Å². The summed E-state index contributed by atoms with van der Waals surface area (Å²) in [7, 11) is -1.67. The Labute approximate surface area is 306 Å². The molecule has 0 fully saturated rings. The second-order valence-electron chi connectivity index (χ2n) is 14.4. The first-order valence-corrected chi connectivity index (χ1v) is 21.0. The molecule has 0 aromatic heterocycles. The molecule has 6 aromatic rings. The lowest BCUT2D eigenvalue weighted by molar-refractivity contribution is 0.189. The summed E-state index contributed by atoms with van der Waals surface area (Å²) in [6, 6.07) is 49.9. The Bertz CT molecular complexity index is 2030. The van der Waals surface area contributed by atoms with E-state index < -0.39 is 15.8 Å². The number of rotatable bonds is 6. The molecular weight excluding hydrogens is 658 g/mol. The number of ether oxygens (including phenoxy) is 2. The molecule has 2 bridgehead atoms. The Kier molecular flexibility index (Phi) is 9.83. The van der Waals surface area contributed by atoms with Crippen molar-refractivity contribution in [3.63, 3.8) is 0 Å².